The van der Waals surface area contributed by atoms with Gasteiger partial charge in [0.05, 0.1) is 56.3 Å². The van der Waals surface area contributed by atoms with Crippen molar-refractivity contribution in [2.24, 2.45) is 0 Å². The molecule has 0 atom stereocenters. The SMILES string of the molecule is CC1(C)CNCCO1.Cc1c(Cl)nc2cc(F)cc(F)c2c1Cl.Cc1c(N2CCOC(C)(C)C2)nc2cc(F)cc(F)c2c1Cl. The van der Waals surface area contributed by atoms with Gasteiger partial charge < -0.3 is 19.7 Å². The lowest BCUT2D eigenvalue weighted by Gasteiger charge is -2.39. The quantitative estimate of drug-likeness (QED) is 0.160. The summed E-state index contributed by atoms with van der Waals surface area (Å²) in [5.41, 5.74) is 1.29. The average molecular weight is 690 g/mol. The maximum absolute atomic E-state index is 14.0. The number of nitrogens with zero attached hydrogens (tertiary/aromatic N) is 3. The number of pyridine rings is 2. The molecule has 244 valence electrons. The third kappa shape index (κ3) is 8.47. The zero-order valence-electron chi connectivity index (χ0n) is 25.9. The van der Waals surface area contributed by atoms with Gasteiger partial charge >= 0.3 is 0 Å². The summed E-state index contributed by atoms with van der Waals surface area (Å²) in [4.78, 5) is 10.4. The number of benzene rings is 2. The second-order valence-corrected chi connectivity index (χ2v) is 13.2. The van der Waals surface area contributed by atoms with Crippen molar-refractivity contribution in [2.75, 3.05) is 44.3 Å². The predicted molar refractivity (Wildman–Crippen MR) is 173 cm³/mol. The van der Waals surface area contributed by atoms with E-state index in [0.29, 0.717) is 36.6 Å². The molecule has 6 nitrogen and oxygen atoms in total. The third-order valence-electron chi connectivity index (χ3n) is 7.30. The number of halogens is 7. The fourth-order valence-corrected chi connectivity index (χ4v) is 5.81. The van der Waals surface area contributed by atoms with Crippen LogP contribution in [0.2, 0.25) is 15.2 Å². The van der Waals surface area contributed by atoms with E-state index in [0.717, 1.165) is 37.9 Å². The first kappa shape index (κ1) is 35.4. The fraction of sp³-hybridized carbons (Fsp3) is 0.438. The van der Waals surface area contributed by atoms with Crippen LogP contribution in [0.3, 0.4) is 0 Å². The number of hydrogen-bond donors (Lipinski definition) is 1. The molecule has 2 aromatic carbocycles. The number of hydrogen-bond acceptors (Lipinski definition) is 6. The molecule has 1 N–H and O–H groups in total. The normalized spacial score (nSPS) is 17.4. The van der Waals surface area contributed by atoms with Crippen LogP contribution in [0.5, 0.6) is 0 Å². The standard InChI is InChI=1S/C16H17ClF2N2O.C10H5Cl2F2N.C6H13NO/c1-9-14(17)13-11(19)6-10(18)7-12(13)20-15(9)21-4-5-22-16(2,3)8-21;1-4-9(11)8-6(14)2-5(13)3-7(8)15-10(4)12;1-6(2)5-7-3-4-8-6/h6-7H,4-5,8H2,1-3H3;2-3H,1H3;7H,3-5H2,1-2H3. The minimum atomic E-state index is -0.734. The van der Waals surface area contributed by atoms with Crippen molar-refractivity contribution in [1.82, 2.24) is 15.3 Å². The van der Waals surface area contributed by atoms with E-state index < -0.39 is 23.3 Å². The molecule has 0 bridgehead atoms. The van der Waals surface area contributed by atoms with E-state index >= 15 is 0 Å². The van der Waals surface area contributed by atoms with Gasteiger partial charge in [-0.2, -0.15) is 0 Å². The molecule has 2 aliphatic heterocycles. The summed E-state index contributed by atoms with van der Waals surface area (Å²) in [5, 5.41) is 4.11. The molecule has 0 amide bonds. The van der Waals surface area contributed by atoms with E-state index in [1.54, 1.807) is 13.8 Å². The maximum Gasteiger partial charge on any atom is 0.137 e. The smallest absolute Gasteiger partial charge is 0.137 e. The average Bonchev–Trinajstić information content (AvgIpc) is 2.93. The first-order chi connectivity index (χ1) is 21.0. The number of aromatic nitrogens is 2. The molecule has 2 aromatic heterocycles. The number of ether oxygens (including phenoxy) is 2. The molecule has 2 aliphatic rings. The Bertz CT molecular complexity index is 1710. The fourth-order valence-electron chi connectivity index (χ4n) is 5.03. The zero-order chi connectivity index (χ0) is 33.3. The Labute approximate surface area is 275 Å². The molecular weight excluding hydrogens is 655 g/mol. The lowest BCUT2D eigenvalue weighted by Crippen LogP contribution is -2.48. The van der Waals surface area contributed by atoms with Gasteiger partial charge in [-0.3, -0.25) is 0 Å². The molecule has 0 spiro atoms. The van der Waals surface area contributed by atoms with E-state index in [2.05, 4.69) is 29.1 Å². The predicted octanol–water partition coefficient (Wildman–Crippen LogP) is 8.60. The van der Waals surface area contributed by atoms with Gasteiger partial charge in [-0.05, 0) is 41.5 Å². The van der Waals surface area contributed by atoms with Gasteiger partial charge in [0.15, 0.2) is 0 Å². The van der Waals surface area contributed by atoms with Gasteiger partial charge in [-0.25, -0.2) is 27.5 Å². The Balaban J connectivity index is 0.000000172. The summed E-state index contributed by atoms with van der Waals surface area (Å²) in [6.45, 7) is 16.3. The van der Waals surface area contributed by atoms with Gasteiger partial charge in [-0.15, -0.1) is 0 Å². The first-order valence-corrected chi connectivity index (χ1v) is 15.4. The van der Waals surface area contributed by atoms with Crippen LogP contribution >= 0.6 is 34.8 Å². The van der Waals surface area contributed by atoms with E-state index in [1.807, 2.05) is 18.7 Å². The lowest BCUT2D eigenvalue weighted by atomic mass is 10.1. The Hall–Kier alpha value is -2.47. The minimum absolute atomic E-state index is 0.0677. The number of morpholine rings is 2. The third-order valence-corrected chi connectivity index (χ3v) is 8.62. The van der Waals surface area contributed by atoms with E-state index in [-0.39, 0.29) is 48.2 Å². The second-order valence-electron chi connectivity index (χ2n) is 12.1. The van der Waals surface area contributed by atoms with Crippen LogP contribution < -0.4 is 10.2 Å². The van der Waals surface area contributed by atoms with E-state index in [4.69, 9.17) is 44.3 Å². The molecule has 2 fully saturated rings. The maximum atomic E-state index is 14.0. The number of nitrogens with one attached hydrogen (secondary N) is 1. The zero-order valence-corrected chi connectivity index (χ0v) is 28.1. The van der Waals surface area contributed by atoms with Gasteiger partial charge in [0.1, 0.15) is 34.2 Å². The van der Waals surface area contributed by atoms with Gasteiger partial charge in [-0.1, -0.05) is 34.8 Å². The van der Waals surface area contributed by atoms with Crippen molar-refractivity contribution in [2.45, 2.75) is 52.7 Å². The molecule has 2 saturated heterocycles. The molecule has 4 aromatic rings. The summed E-state index contributed by atoms with van der Waals surface area (Å²) < 4.78 is 64.9. The van der Waals surface area contributed by atoms with Crippen LogP contribution in [0.1, 0.15) is 38.8 Å². The molecule has 0 aliphatic carbocycles. The van der Waals surface area contributed by atoms with Crippen LogP contribution in [0.4, 0.5) is 23.4 Å². The molecular formula is C32H35Cl3F4N4O2. The second kappa shape index (κ2) is 14.1. The van der Waals surface area contributed by atoms with Crippen LogP contribution in [-0.2, 0) is 9.47 Å². The molecule has 0 radical (unpaired) electrons. The number of anilines is 1. The van der Waals surface area contributed by atoms with Gasteiger partial charge in [0.2, 0.25) is 0 Å². The van der Waals surface area contributed by atoms with Crippen molar-refractivity contribution >= 4 is 62.4 Å². The van der Waals surface area contributed by atoms with Crippen LogP contribution in [-0.4, -0.2) is 60.6 Å². The topological polar surface area (TPSA) is 59.5 Å². The highest BCUT2D eigenvalue weighted by molar-refractivity contribution is 6.39. The van der Waals surface area contributed by atoms with Gasteiger partial charge in [0, 0.05) is 61.6 Å². The monoisotopic (exact) mass is 688 g/mol. The summed E-state index contributed by atoms with van der Waals surface area (Å²) in [6, 6.07) is 3.89. The number of fused-ring (bicyclic) bond motifs is 2. The van der Waals surface area contributed by atoms with Crippen molar-refractivity contribution < 1.29 is 27.0 Å². The minimum Gasteiger partial charge on any atom is -0.373 e. The summed E-state index contributed by atoms with van der Waals surface area (Å²) in [6.07, 6.45) is 0. The molecule has 6 rings (SSSR count). The highest BCUT2D eigenvalue weighted by atomic mass is 35.5. The van der Waals surface area contributed by atoms with Crippen LogP contribution in [0.25, 0.3) is 21.8 Å². The van der Waals surface area contributed by atoms with Crippen LogP contribution in [0.15, 0.2) is 24.3 Å². The number of rotatable bonds is 1. The van der Waals surface area contributed by atoms with E-state index in [1.165, 1.54) is 6.07 Å². The Morgan fingerprint density at radius 1 is 0.756 bits per heavy atom. The van der Waals surface area contributed by atoms with Crippen LogP contribution in [0, 0.1) is 37.1 Å². The highest BCUT2D eigenvalue weighted by Gasteiger charge is 2.30. The first-order valence-electron chi connectivity index (χ1n) is 14.3. The summed E-state index contributed by atoms with van der Waals surface area (Å²) in [7, 11) is 0. The highest BCUT2D eigenvalue weighted by Crippen LogP contribution is 2.36. The molecule has 4 heterocycles. The molecule has 0 unspecified atom stereocenters. The van der Waals surface area contributed by atoms with Gasteiger partial charge in [0.25, 0.3) is 0 Å². The Morgan fingerprint density at radius 2 is 1.29 bits per heavy atom. The Kier molecular flexibility index (Phi) is 11.1. The van der Waals surface area contributed by atoms with Crippen molar-refractivity contribution in [1.29, 1.82) is 0 Å². The summed E-state index contributed by atoms with van der Waals surface area (Å²) >= 11 is 18.0. The molecule has 0 saturated carbocycles. The summed E-state index contributed by atoms with van der Waals surface area (Å²) in [5.74, 6) is -2.14. The lowest BCUT2D eigenvalue weighted by molar-refractivity contribution is -0.0384. The Morgan fingerprint density at radius 3 is 1.78 bits per heavy atom. The largest absolute Gasteiger partial charge is 0.373 e. The van der Waals surface area contributed by atoms with Crippen molar-refractivity contribution in [3.8, 4) is 0 Å². The van der Waals surface area contributed by atoms with Crippen molar-refractivity contribution in [3.63, 3.8) is 0 Å². The van der Waals surface area contributed by atoms with Crippen molar-refractivity contribution in [3.05, 3.63) is 73.9 Å². The molecule has 13 heteroatoms. The van der Waals surface area contributed by atoms with E-state index in [9.17, 15) is 17.6 Å². The molecule has 45 heavy (non-hydrogen) atoms.